The molecular weight excluding hydrogens is 446 g/mol. The fraction of sp³-hybridized carbons (Fsp3) is 0.500. The van der Waals surface area contributed by atoms with Crippen LogP contribution in [0.3, 0.4) is 0 Å². The number of hydrazine groups is 1. The van der Waals surface area contributed by atoms with Crippen LogP contribution in [0.15, 0.2) is 48.8 Å². The minimum absolute atomic E-state index is 0.00142. The van der Waals surface area contributed by atoms with Crippen molar-refractivity contribution in [3.8, 4) is 5.75 Å². The number of benzene rings is 1. The van der Waals surface area contributed by atoms with Crippen LogP contribution >= 0.6 is 0 Å². The highest BCUT2D eigenvalue weighted by molar-refractivity contribution is 5.88. The summed E-state index contributed by atoms with van der Waals surface area (Å²) in [4.78, 5) is 34.3. The molecule has 1 aromatic heterocycles. The second-order valence-electron chi connectivity index (χ2n) is 9.66. The summed E-state index contributed by atoms with van der Waals surface area (Å²) in [6, 6.07) is 11.2. The van der Waals surface area contributed by atoms with E-state index in [9.17, 15) is 9.59 Å². The number of amides is 2. The van der Waals surface area contributed by atoms with Crippen LogP contribution in [0.5, 0.6) is 5.75 Å². The Kier molecular flexibility index (Phi) is 7.26. The van der Waals surface area contributed by atoms with Crippen LogP contribution in [-0.4, -0.2) is 72.1 Å². The van der Waals surface area contributed by atoms with Gasteiger partial charge in [0.25, 0.3) is 0 Å². The molecule has 2 saturated heterocycles. The third kappa shape index (κ3) is 5.98. The van der Waals surface area contributed by atoms with Crippen molar-refractivity contribution in [2.45, 2.75) is 44.0 Å². The molecule has 3 aliphatic rings. The first-order valence-electron chi connectivity index (χ1n) is 12.3. The lowest BCUT2D eigenvalue weighted by atomic mass is 10.0. The average Bonchev–Trinajstić information content (AvgIpc) is 3.62. The molecule has 2 aromatic rings. The van der Waals surface area contributed by atoms with Crippen LogP contribution in [0.2, 0.25) is 0 Å². The van der Waals surface area contributed by atoms with E-state index in [1.54, 1.807) is 29.3 Å². The summed E-state index contributed by atoms with van der Waals surface area (Å²) in [5.41, 5.74) is 8.42. The number of ether oxygens (including phenoxy) is 2. The van der Waals surface area contributed by atoms with Gasteiger partial charge in [-0.3, -0.25) is 14.6 Å². The predicted molar refractivity (Wildman–Crippen MR) is 129 cm³/mol. The Bertz CT molecular complexity index is 1010. The van der Waals surface area contributed by atoms with Gasteiger partial charge in [0.15, 0.2) is 0 Å². The van der Waals surface area contributed by atoms with Crippen molar-refractivity contribution in [1.82, 2.24) is 25.6 Å². The maximum Gasteiger partial charge on any atom is 0.242 e. The molecule has 0 bridgehead atoms. The van der Waals surface area contributed by atoms with E-state index in [-0.39, 0.29) is 30.5 Å². The number of aromatic nitrogens is 1. The molecule has 1 saturated carbocycles. The zero-order chi connectivity index (χ0) is 24.2. The molecule has 3 unspecified atom stereocenters. The van der Waals surface area contributed by atoms with Gasteiger partial charge in [-0.05, 0) is 54.5 Å². The highest BCUT2D eigenvalue weighted by Gasteiger charge is 2.37. The summed E-state index contributed by atoms with van der Waals surface area (Å²) >= 11 is 0. The average molecular weight is 480 g/mol. The molecule has 3 atom stereocenters. The van der Waals surface area contributed by atoms with E-state index < -0.39 is 6.04 Å². The van der Waals surface area contributed by atoms with E-state index in [1.807, 2.05) is 36.4 Å². The van der Waals surface area contributed by atoms with Gasteiger partial charge in [0.2, 0.25) is 11.8 Å². The van der Waals surface area contributed by atoms with E-state index in [2.05, 4.69) is 15.8 Å². The van der Waals surface area contributed by atoms with E-state index in [0.29, 0.717) is 38.6 Å². The normalized spacial score (nSPS) is 24.9. The fourth-order valence-electron chi connectivity index (χ4n) is 4.67. The Hall–Kier alpha value is -3.01. The van der Waals surface area contributed by atoms with Crippen LogP contribution in [0.25, 0.3) is 0 Å². The van der Waals surface area contributed by atoms with Gasteiger partial charge in [-0.2, -0.15) is 0 Å². The number of pyridine rings is 1. The van der Waals surface area contributed by atoms with Crippen molar-refractivity contribution in [1.29, 1.82) is 0 Å². The highest BCUT2D eigenvalue weighted by atomic mass is 16.5. The Morgan fingerprint density at radius 3 is 2.69 bits per heavy atom. The van der Waals surface area contributed by atoms with Gasteiger partial charge in [0, 0.05) is 44.7 Å². The van der Waals surface area contributed by atoms with Crippen molar-refractivity contribution < 1.29 is 19.1 Å². The number of hydrogen-bond donors (Lipinski definition) is 2. The second-order valence-corrected chi connectivity index (χ2v) is 9.66. The molecule has 3 heterocycles. The summed E-state index contributed by atoms with van der Waals surface area (Å²) in [5.74, 6) is 1.25. The minimum Gasteiger partial charge on any atom is -0.497 e. The molecule has 0 radical (unpaired) electrons. The molecular formula is C26H33N5O4. The van der Waals surface area contributed by atoms with Crippen LogP contribution in [0.1, 0.15) is 36.4 Å². The molecule has 1 aliphatic carbocycles. The number of hydrogen-bond acceptors (Lipinski definition) is 7. The molecule has 5 rings (SSSR count). The Balaban J connectivity index is 1.25. The molecule has 2 aliphatic heterocycles. The van der Waals surface area contributed by atoms with Crippen LogP contribution in [0.4, 0.5) is 0 Å². The van der Waals surface area contributed by atoms with E-state index in [1.165, 1.54) is 12.8 Å². The van der Waals surface area contributed by atoms with Crippen molar-refractivity contribution in [3.63, 3.8) is 0 Å². The van der Waals surface area contributed by atoms with Gasteiger partial charge >= 0.3 is 0 Å². The third-order valence-electron chi connectivity index (χ3n) is 6.92. The first-order chi connectivity index (χ1) is 17.1. The van der Waals surface area contributed by atoms with E-state index >= 15 is 0 Å². The number of nitrogens with one attached hydrogen (secondary N) is 2. The second kappa shape index (κ2) is 10.7. The van der Waals surface area contributed by atoms with Crippen molar-refractivity contribution in [3.05, 3.63) is 59.9 Å². The van der Waals surface area contributed by atoms with Crippen molar-refractivity contribution in [2.24, 2.45) is 5.92 Å². The topological polar surface area (TPSA) is 96.0 Å². The van der Waals surface area contributed by atoms with Crippen LogP contribution < -0.4 is 15.6 Å². The molecule has 0 spiro atoms. The standard InChI is InChI=1S/C26H33N5O4/c1-34-21-8-6-20(7-9-21)23-11-24(29-28-23)26(33)31-15-22(35-17-18-4-5-18)14-30(25(32)16-31)13-19-3-2-10-27-12-19/h2-3,6-10,12,18,22-24,28-29H,4-5,11,13-17H2,1H3. The summed E-state index contributed by atoms with van der Waals surface area (Å²) in [6.45, 7) is 2.07. The first kappa shape index (κ1) is 23.7. The molecule has 186 valence electrons. The lowest BCUT2D eigenvalue weighted by Crippen LogP contribution is -2.49. The van der Waals surface area contributed by atoms with E-state index in [4.69, 9.17) is 9.47 Å². The lowest BCUT2D eigenvalue weighted by Gasteiger charge is -2.26. The Morgan fingerprint density at radius 2 is 1.97 bits per heavy atom. The fourth-order valence-corrected chi connectivity index (χ4v) is 4.67. The third-order valence-corrected chi connectivity index (χ3v) is 6.92. The zero-order valence-corrected chi connectivity index (χ0v) is 20.1. The number of nitrogens with zero attached hydrogens (tertiary/aromatic N) is 3. The summed E-state index contributed by atoms with van der Waals surface area (Å²) < 4.78 is 11.4. The van der Waals surface area contributed by atoms with Gasteiger partial charge in [0.1, 0.15) is 11.8 Å². The maximum atomic E-state index is 13.5. The number of carbonyl (C=O) groups excluding carboxylic acids is 2. The van der Waals surface area contributed by atoms with Gasteiger partial charge in [-0.1, -0.05) is 18.2 Å². The summed E-state index contributed by atoms with van der Waals surface area (Å²) in [6.07, 6.45) is 6.26. The Labute approximate surface area is 205 Å². The van der Waals surface area contributed by atoms with Crippen LogP contribution in [-0.2, 0) is 20.9 Å². The monoisotopic (exact) mass is 479 g/mol. The number of carbonyl (C=O) groups is 2. The highest BCUT2D eigenvalue weighted by Crippen LogP contribution is 2.30. The van der Waals surface area contributed by atoms with Crippen molar-refractivity contribution >= 4 is 11.8 Å². The Morgan fingerprint density at radius 1 is 1.14 bits per heavy atom. The lowest BCUT2D eigenvalue weighted by molar-refractivity contribution is -0.140. The molecule has 35 heavy (non-hydrogen) atoms. The van der Waals surface area contributed by atoms with Gasteiger partial charge in [0.05, 0.1) is 19.8 Å². The van der Waals surface area contributed by atoms with Gasteiger partial charge in [-0.25, -0.2) is 10.9 Å². The van der Waals surface area contributed by atoms with Gasteiger partial charge < -0.3 is 19.3 Å². The predicted octanol–water partition coefficient (Wildman–Crippen LogP) is 1.66. The number of methoxy groups -OCH3 is 1. The smallest absolute Gasteiger partial charge is 0.242 e. The number of rotatable bonds is 8. The molecule has 1 aromatic carbocycles. The largest absolute Gasteiger partial charge is 0.497 e. The summed E-state index contributed by atoms with van der Waals surface area (Å²) in [7, 11) is 1.64. The molecule has 9 heteroatoms. The quantitative estimate of drug-likeness (QED) is 0.595. The minimum atomic E-state index is -0.413. The van der Waals surface area contributed by atoms with Crippen LogP contribution in [0, 0.1) is 5.92 Å². The molecule has 2 N–H and O–H groups in total. The SMILES string of the molecule is COc1ccc(C2CC(C(=O)N3CC(=O)N(Cc4cccnc4)CC(OCC4CC4)C3)NN2)cc1. The molecule has 9 nitrogen and oxygen atoms in total. The maximum absolute atomic E-state index is 13.5. The van der Waals surface area contributed by atoms with Gasteiger partial charge in [-0.15, -0.1) is 0 Å². The molecule has 3 fully saturated rings. The zero-order valence-electron chi connectivity index (χ0n) is 20.1. The first-order valence-corrected chi connectivity index (χ1v) is 12.3. The van der Waals surface area contributed by atoms with Crippen molar-refractivity contribution in [2.75, 3.05) is 33.4 Å². The van der Waals surface area contributed by atoms with E-state index in [0.717, 1.165) is 16.9 Å². The molecule has 2 amide bonds. The summed E-state index contributed by atoms with van der Waals surface area (Å²) in [5, 5.41) is 0.